The zero-order valence-electron chi connectivity index (χ0n) is 16.4. The van der Waals surface area contributed by atoms with Gasteiger partial charge in [-0.2, -0.15) is 0 Å². The van der Waals surface area contributed by atoms with Crippen LogP contribution in [-0.4, -0.2) is 43.0 Å². The Kier molecular flexibility index (Phi) is 9.96. The SMILES string of the molecule is CCCO[C@@H]1CC[C@H](C(=O)NCC(N)=O)C[C@H]1NC(=O)c1ccc(C)cc1.Cl. The van der Waals surface area contributed by atoms with Crippen molar-refractivity contribution in [3.8, 4) is 0 Å². The molecule has 0 aromatic heterocycles. The van der Waals surface area contributed by atoms with Crippen molar-refractivity contribution in [3.05, 3.63) is 35.4 Å². The van der Waals surface area contributed by atoms with Gasteiger partial charge >= 0.3 is 0 Å². The number of hydrogen-bond donors (Lipinski definition) is 3. The number of rotatable bonds is 8. The highest BCUT2D eigenvalue weighted by Gasteiger charge is 2.35. The molecule has 8 heteroatoms. The molecule has 0 aliphatic heterocycles. The summed E-state index contributed by atoms with van der Waals surface area (Å²) in [4.78, 5) is 35.8. The minimum atomic E-state index is -0.576. The number of amides is 3. The molecular formula is C20H30ClN3O4. The third-order valence-electron chi connectivity index (χ3n) is 4.76. The van der Waals surface area contributed by atoms with E-state index in [1.165, 1.54) is 0 Å². The second-order valence-corrected chi connectivity index (χ2v) is 7.05. The number of primary amides is 1. The minimum absolute atomic E-state index is 0. The van der Waals surface area contributed by atoms with Gasteiger partial charge in [-0.1, -0.05) is 24.6 Å². The normalized spacial score (nSPS) is 21.3. The van der Waals surface area contributed by atoms with Crippen molar-refractivity contribution in [1.82, 2.24) is 10.6 Å². The van der Waals surface area contributed by atoms with Crippen LogP contribution in [0.5, 0.6) is 0 Å². The molecule has 0 spiro atoms. The van der Waals surface area contributed by atoms with Crippen molar-refractivity contribution < 1.29 is 19.1 Å². The second kappa shape index (κ2) is 11.7. The molecule has 156 valence electrons. The first-order valence-corrected chi connectivity index (χ1v) is 9.45. The number of nitrogens with one attached hydrogen (secondary N) is 2. The minimum Gasteiger partial charge on any atom is -0.376 e. The molecule has 0 bridgehead atoms. The van der Waals surface area contributed by atoms with Crippen LogP contribution in [0.1, 0.15) is 48.5 Å². The number of hydrogen-bond acceptors (Lipinski definition) is 4. The maximum Gasteiger partial charge on any atom is 0.251 e. The maximum absolute atomic E-state index is 12.6. The van der Waals surface area contributed by atoms with Crippen LogP contribution in [0.2, 0.25) is 0 Å². The zero-order valence-corrected chi connectivity index (χ0v) is 17.2. The van der Waals surface area contributed by atoms with E-state index >= 15 is 0 Å². The van der Waals surface area contributed by atoms with Gasteiger partial charge in [-0.05, 0) is 44.7 Å². The predicted molar refractivity (Wildman–Crippen MR) is 109 cm³/mol. The van der Waals surface area contributed by atoms with Crippen LogP contribution in [0.25, 0.3) is 0 Å². The number of halogens is 1. The smallest absolute Gasteiger partial charge is 0.251 e. The van der Waals surface area contributed by atoms with E-state index in [1.54, 1.807) is 12.1 Å². The van der Waals surface area contributed by atoms with Gasteiger partial charge in [0.15, 0.2) is 0 Å². The lowest BCUT2D eigenvalue weighted by Gasteiger charge is -2.36. The second-order valence-electron chi connectivity index (χ2n) is 7.05. The monoisotopic (exact) mass is 411 g/mol. The first kappa shape index (κ1) is 23.9. The summed E-state index contributed by atoms with van der Waals surface area (Å²) in [6.07, 6.45) is 2.55. The molecule has 28 heavy (non-hydrogen) atoms. The quantitative estimate of drug-likeness (QED) is 0.604. The molecule has 0 heterocycles. The molecule has 1 saturated carbocycles. The van der Waals surface area contributed by atoms with Crippen LogP contribution in [-0.2, 0) is 14.3 Å². The molecule has 3 amide bonds. The van der Waals surface area contributed by atoms with Gasteiger partial charge in [-0.3, -0.25) is 14.4 Å². The standard InChI is InChI=1S/C20H29N3O4.ClH/c1-3-10-27-17-9-8-15(19(25)22-12-18(21)24)11-16(17)23-20(26)14-6-4-13(2)5-7-14;/h4-7,15-17H,3,8-12H2,1-2H3,(H2,21,24)(H,22,25)(H,23,26);1H/t15-,16+,17+;/m0./s1. The Morgan fingerprint density at radius 2 is 1.86 bits per heavy atom. The van der Waals surface area contributed by atoms with Crippen LogP contribution < -0.4 is 16.4 Å². The number of aryl methyl sites for hydroxylation is 1. The zero-order chi connectivity index (χ0) is 19.8. The van der Waals surface area contributed by atoms with Gasteiger partial charge < -0.3 is 21.1 Å². The van der Waals surface area contributed by atoms with Crippen LogP contribution in [0, 0.1) is 12.8 Å². The van der Waals surface area contributed by atoms with Crippen molar-refractivity contribution in [1.29, 1.82) is 0 Å². The molecule has 1 aliphatic carbocycles. The third kappa shape index (κ3) is 7.13. The van der Waals surface area contributed by atoms with Gasteiger partial charge in [0.2, 0.25) is 11.8 Å². The molecule has 1 aliphatic rings. The Morgan fingerprint density at radius 1 is 1.18 bits per heavy atom. The average molecular weight is 412 g/mol. The van der Waals surface area contributed by atoms with Crippen molar-refractivity contribution in [2.75, 3.05) is 13.2 Å². The van der Waals surface area contributed by atoms with Gasteiger partial charge in [-0.15, -0.1) is 12.4 Å². The highest BCUT2D eigenvalue weighted by molar-refractivity contribution is 5.94. The third-order valence-corrected chi connectivity index (χ3v) is 4.76. The highest BCUT2D eigenvalue weighted by atomic mass is 35.5. The molecule has 2 rings (SSSR count). The fourth-order valence-electron chi connectivity index (χ4n) is 3.28. The summed E-state index contributed by atoms with van der Waals surface area (Å²) in [5, 5.41) is 5.58. The van der Waals surface area contributed by atoms with Crippen molar-refractivity contribution in [2.45, 2.75) is 51.7 Å². The van der Waals surface area contributed by atoms with E-state index in [0.717, 1.165) is 12.0 Å². The van der Waals surface area contributed by atoms with Crippen molar-refractivity contribution >= 4 is 30.1 Å². The van der Waals surface area contributed by atoms with Gasteiger partial charge in [-0.25, -0.2) is 0 Å². The topological polar surface area (TPSA) is 111 Å². The first-order valence-electron chi connectivity index (χ1n) is 9.45. The van der Waals surface area contributed by atoms with Crippen LogP contribution in [0.3, 0.4) is 0 Å². The Morgan fingerprint density at radius 3 is 2.46 bits per heavy atom. The Hall–Kier alpha value is -2.12. The van der Waals surface area contributed by atoms with E-state index in [0.29, 0.717) is 31.4 Å². The van der Waals surface area contributed by atoms with Gasteiger partial charge in [0.1, 0.15) is 0 Å². The van der Waals surface area contributed by atoms with Crippen LogP contribution in [0.15, 0.2) is 24.3 Å². The lowest BCUT2D eigenvalue weighted by Crippen LogP contribution is -2.51. The molecule has 1 aromatic carbocycles. The molecule has 4 N–H and O–H groups in total. The van der Waals surface area contributed by atoms with Crippen LogP contribution >= 0.6 is 12.4 Å². The fourth-order valence-corrected chi connectivity index (χ4v) is 3.28. The van der Waals surface area contributed by atoms with Crippen molar-refractivity contribution in [2.24, 2.45) is 11.7 Å². The van der Waals surface area contributed by atoms with E-state index in [-0.39, 0.29) is 48.8 Å². The van der Waals surface area contributed by atoms with E-state index in [2.05, 4.69) is 10.6 Å². The Bertz CT molecular complexity index is 666. The molecule has 0 radical (unpaired) electrons. The molecule has 0 unspecified atom stereocenters. The summed E-state index contributed by atoms with van der Waals surface area (Å²) in [5.74, 6) is -1.25. The molecule has 1 fully saturated rings. The average Bonchev–Trinajstić information content (AvgIpc) is 2.65. The largest absolute Gasteiger partial charge is 0.376 e. The van der Waals surface area contributed by atoms with Gasteiger partial charge in [0.25, 0.3) is 5.91 Å². The van der Waals surface area contributed by atoms with Gasteiger partial charge in [0.05, 0.1) is 18.7 Å². The predicted octanol–water partition coefficient (Wildman–Crippen LogP) is 1.71. The Labute approximate surface area is 172 Å². The Balaban J connectivity index is 0.00000392. The summed E-state index contributed by atoms with van der Waals surface area (Å²) < 4.78 is 5.91. The van der Waals surface area contributed by atoms with Gasteiger partial charge in [0, 0.05) is 18.1 Å². The van der Waals surface area contributed by atoms with Crippen molar-refractivity contribution in [3.63, 3.8) is 0 Å². The lowest BCUT2D eigenvalue weighted by molar-refractivity contribution is -0.129. The number of carbonyl (C=O) groups excluding carboxylic acids is 3. The summed E-state index contributed by atoms with van der Waals surface area (Å²) in [6.45, 7) is 4.43. The molecule has 3 atom stereocenters. The summed E-state index contributed by atoms with van der Waals surface area (Å²) >= 11 is 0. The number of ether oxygens (including phenoxy) is 1. The van der Waals surface area contributed by atoms with E-state index < -0.39 is 5.91 Å². The van der Waals surface area contributed by atoms with E-state index in [4.69, 9.17) is 10.5 Å². The molecule has 0 saturated heterocycles. The molecular weight excluding hydrogens is 382 g/mol. The first-order chi connectivity index (χ1) is 12.9. The number of benzene rings is 1. The van der Waals surface area contributed by atoms with E-state index in [1.807, 2.05) is 26.0 Å². The molecule has 1 aromatic rings. The summed E-state index contributed by atoms with van der Waals surface area (Å²) in [7, 11) is 0. The summed E-state index contributed by atoms with van der Waals surface area (Å²) in [6, 6.07) is 7.09. The number of nitrogens with two attached hydrogens (primary N) is 1. The lowest BCUT2D eigenvalue weighted by atomic mass is 9.83. The number of carbonyl (C=O) groups is 3. The van der Waals surface area contributed by atoms with Crippen LogP contribution in [0.4, 0.5) is 0 Å². The van der Waals surface area contributed by atoms with E-state index in [9.17, 15) is 14.4 Å². The maximum atomic E-state index is 12.6. The fraction of sp³-hybridized carbons (Fsp3) is 0.550. The summed E-state index contributed by atoms with van der Waals surface area (Å²) in [5.41, 5.74) is 6.75. The highest BCUT2D eigenvalue weighted by Crippen LogP contribution is 2.27. The molecule has 7 nitrogen and oxygen atoms in total.